The van der Waals surface area contributed by atoms with Crippen LogP contribution in [0.2, 0.25) is 0 Å². The zero-order valence-electron chi connectivity index (χ0n) is 15.5. The number of anilines is 2. The summed E-state index contributed by atoms with van der Waals surface area (Å²) in [6, 6.07) is 6.39. The molecule has 2 heterocycles. The van der Waals surface area contributed by atoms with Gasteiger partial charge in [-0.1, -0.05) is 0 Å². The predicted molar refractivity (Wildman–Crippen MR) is 99.3 cm³/mol. The lowest BCUT2D eigenvalue weighted by molar-refractivity contribution is 0.0514. The van der Waals surface area contributed by atoms with E-state index in [1.165, 1.54) is 18.5 Å². The zero-order chi connectivity index (χ0) is 19.6. The Labute approximate surface area is 156 Å². The van der Waals surface area contributed by atoms with E-state index in [1.54, 1.807) is 52.1 Å². The van der Waals surface area contributed by atoms with E-state index in [0.717, 1.165) is 4.68 Å². The maximum Gasteiger partial charge on any atom is 0.435 e. The number of ether oxygens (including phenoxy) is 1. The SMILES string of the molecule is Cc1nccc(Nc2ccc(-c3cnn(C(=O)OC(C)(C)C)c3)c(F)c2)n1. The molecule has 7 nitrogen and oxygen atoms in total. The lowest BCUT2D eigenvalue weighted by Gasteiger charge is -2.18. The summed E-state index contributed by atoms with van der Waals surface area (Å²) in [5, 5.41) is 6.99. The first-order valence-corrected chi connectivity index (χ1v) is 8.36. The van der Waals surface area contributed by atoms with Crippen LogP contribution in [0.15, 0.2) is 42.9 Å². The Balaban J connectivity index is 1.79. The molecule has 140 valence electrons. The van der Waals surface area contributed by atoms with Crippen LogP contribution in [0, 0.1) is 12.7 Å². The molecule has 0 fully saturated rings. The summed E-state index contributed by atoms with van der Waals surface area (Å²) in [6.45, 7) is 7.07. The molecular formula is C19H20FN5O2. The molecule has 0 aliphatic rings. The molecule has 0 saturated heterocycles. The first-order valence-electron chi connectivity index (χ1n) is 8.36. The van der Waals surface area contributed by atoms with Crippen LogP contribution < -0.4 is 5.32 Å². The third-order valence-electron chi connectivity index (χ3n) is 3.49. The van der Waals surface area contributed by atoms with Gasteiger partial charge in [-0.05, 0) is 52.0 Å². The molecule has 8 heteroatoms. The van der Waals surface area contributed by atoms with Crippen molar-refractivity contribution in [2.75, 3.05) is 5.32 Å². The minimum atomic E-state index is -0.638. The molecule has 1 N–H and O–H groups in total. The van der Waals surface area contributed by atoms with Crippen LogP contribution in [0.5, 0.6) is 0 Å². The fourth-order valence-electron chi connectivity index (χ4n) is 2.37. The standard InChI is InChI=1S/C19H20FN5O2/c1-12-21-8-7-17(23-12)24-14-5-6-15(16(20)9-14)13-10-22-25(11-13)18(26)27-19(2,3)4/h5-11H,1-4H3,(H,21,23,24). The summed E-state index contributed by atoms with van der Waals surface area (Å²) in [6.07, 6.45) is 3.86. The summed E-state index contributed by atoms with van der Waals surface area (Å²) in [5.41, 5.74) is 0.715. The smallest absolute Gasteiger partial charge is 0.435 e. The van der Waals surface area contributed by atoms with Crippen LogP contribution in [0.3, 0.4) is 0 Å². The largest absolute Gasteiger partial charge is 0.442 e. The number of halogens is 1. The molecule has 1 aromatic carbocycles. The van der Waals surface area contributed by atoms with Crippen molar-refractivity contribution in [3.05, 3.63) is 54.5 Å². The molecule has 3 aromatic rings. The molecule has 0 spiro atoms. The minimum absolute atomic E-state index is 0.328. The van der Waals surface area contributed by atoms with Gasteiger partial charge in [0.15, 0.2) is 0 Å². The number of nitrogens with one attached hydrogen (secondary N) is 1. The highest BCUT2D eigenvalue weighted by atomic mass is 19.1. The quantitative estimate of drug-likeness (QED) is 0.741. The summed E-state index contributed by atoms with van der Waals surface area (Å²) in [5.74, 6) is 0.744. The third kappa shape index (κ3) is 4.66. The highest BCUT2D eigenvalue weighted by Crippen LogP contribution is 2.26. The van der Waals surface area contributed by atoms with E-state index in [1.807, 2.05) is 0 Å². The second-order valence-electron chi connectivity index (χ2n) is 6.96. The van der Waals surface area contributed by atoms with Gasteiger partial charge in [0.1, 0.15) is 23.1 Å². The van der Waals surface area contributed by atoms with E-state index >= 15 is 0 Å². The molecule has 27 heavy (non-hydrogen) atoms. The number of hydrogen-bond donors (Lipinski definition) is 1. The molecule has 0 saturated carbocycles. The van der Waals surface area contributed by atoms with Gasteiger partial charge < -0.3 is 10.1 Å². The van der Waals surface area contributed by atoms with E-state index < -0.39 is 17.5 Å². The summed E-state index contributed by atoms with van der Waals surface area (Å²) < 4.78 is 20.9. The summed E-state index contributed by atoms with van der Waals surface area (Å²) in [4.78, 5) is 20.3. The van der Waals surface area contributed by atoms with Gasteiger partial charge in [-0.15, -0.1) is 0 Å². The van der Waals surface area contributed by atoms with E-state index in [4.69, 9.17) is 4.74 Å². The third-order valence-corrected chi connectivity index (χ3v) is 3.49. The second-order valence-corrected chi connectivity index (χ2v) is 6.96. The van der Waals surface area contributed by atoms with Crippen molar-refractivity contribution in [1.29, 1.82) is 0 Å². The van der Waals surface area contributed by atoms with Gasteiger partial charge >= 0.3 is 6.09 Å². The van der Waals surface area contributed by atoms with Gasteiger partial charge in [0.2, 0.25) is 0 Å². The Kier molecular flexibility index (Phi) is 4.89. The molecule has 2 aromatic heterocycles. The van der Waals surface area contributed by atoms with Crippen molar-refractivity contribution in [3.8, 4) is 11.1 Å². The Morgan fingerprint density at radius 1 is 1.26 bits per heavy atom. The second kappa shape index (κ2) is 7.14. The Bertz CT molecular complexity index is 978. The first-order chi connectivity index (χ1) is 12.7. The fraction of sp³-hybridized carbons (Fsp3) is 0.263. The molecular weight excluding hydrogens is 349 g/mol. The highest BCUT2D eigenvalue weighted by molar-refractivity contribution is 5.73. The monoisotopic (exact) mass is 369 g/mol. The van der Waals surface area contributed by atoms with Crippen molar-refractivity contribution in [1.82, 2.24) is 19.7 Å². The van der Waals surface area contributed by atoms with Gasteiger partial charge in [0.25, 0.3) is 0 Å². The lowest BCUT2D eigenvalue weighted by Crippen LogP contribution is -2.27. The molecule has 0 aliphatic heterocycles. The maximum absolute atomic E-state index is 14.6. The Morgan fingerprint density at radius 3 is 2.70 bits per heavy atom. The predicted octanol–water partition coefficient (Wildman–Crippen LogP) is 4.31. The number of nitrogens with zero attached hydrogens (tertiary/aromatic N) is 4. The van der Waals surface area contributed by atoms with E-state index in [-0.39, 0.29) is 0 Å². The van der Waals surface area contributed by atoms with Crippen LogP contribution in [0.25, 0.3) is 11.1 Å². The Hall–Kier alpha value is -3.29. The van der Waals surface area contributed by atoms with Crippen LogP contribution in [0.1, 0.15) is 26.6 Å². The molecule has 0 atom stereocenters. The average Bonchev–Trinajstić information content (AvgIpc) is 3.03. The van der Waals surface area contributed by atoms with Crippen molar-refractivity contribution in [2.45, 2.75) is 33.3 Å². The van der Waals surface area contributed by atoms with Crippen LogP contribution >= 0.6 is 0 Å². The fourth-order valence-corrected chi connectivity index (χ4v) is 2.37. The highest BCUT2D eigenvalue weighted by Gasteiger charge is 2.19. The van der Waals surface area contributed by atoms with Crippen LogP contribution in [0.4, 0.5) is 20.7 Å². The summed E-state index contributed by atoms with van der Waals surface area (Å²) in [7, 11) is 0. The molecule has 0 radical (unpaired) electrons. The number of carbonyl (C=O) groups excluding carboxylic acids is 1. The average molecular weight is 369 g/mol. The van der Waals surface area contributed by atoms with Crippen molar-refractivity contribution in [2.24, 2.45) is 0 Å². The number of aryl methyl sites for hydroxylation is 1. The van der Waals surface area contributed by atoms with E-state index in [9.17, 15) is 9.18 Å². The first kappa shape index (κ1) is 18.5. The van der Waals surface area contributed by atoms with Crippen LogP contribution in [-0.4, -0.2) is 31.4 Å². The Morgan fingerprint density at radius 2 is 2.04 bits per heavy atom. The number of aromatic nitrogens is 4. The topological polar surface area (TPSA) is 81.9 Å². The molecule has 0 amide bonds. The molecule has 0 unspecified atom stereocenters. The summed E-state index contributed by atoms with van der Waals surface area (Å²) >= 11 is 0. The number of rotatable bonds is 3. The van der Waals surface area contributed by atoms with E-state index in [2.05, 4.69) is 20.4 Å². The molecule has 3 rings (SSSR count). The van der Waals surface area contributed by atoms with Gasteiger partial charge in [0.05, 0.1) is 6.20 Å². The number of benzene rings is 1. The van der Waals surface area contributed by atoms with E-state index in [0.29, 0.717) is 28.5 Å². The van der Waals surface area contributed by atoms with Crippen molar-refractivity contribution < 1.29 is 13.9 Å². The number of carbonyl (C=O) groups is 1. The zero-order valence-corrected chi connectivity index (χ0v) is 15.5. The van der Waals surface area contributed by atoms with Gasteiger partial charge in [0, 0.05) is 29.2 Å². The number of hydrogen-bond acceptors (Lipinski definition) is 6. The van der Waals surface area contributed by atoms with Gasteiger partial charge in [-0.3, -0.25) is 0 Å². The van der Waals surface area contributed by atoms with Gasteiger partial charge in [-0.25, -0.2) is 19.2 Å². The van der Waals surface area contributed by atoms with Crippen LogP contribution in [-0.2, 0) is 4.74 Å². The van der Waals surface area contributed by atoms with Crippen molar-refractivity contribution >= 4 is 17.6 Å². The normalized spacial score (nSPS) is 11.3. The van der Waals surface area contributed by atoms with Gasteiger partial charge in [-0.2, -0.15) is 9.78 Å². The maximum atomic E-state index is 14.6. The van der Waals surface area contributed by atoms with Crippen molar-refractivity contribution in [3.63, 3.8) is 0 Å². The molecule has 0 bridgehead atoms. The lowest BCUT2D eigenvalue weighted by atomic mass is 10.1. The molecule has 0 aliphatic carbocycles. The minimum Gasteiger partial charge on any atom is -0.442 e.